The lowest BCUT2D eigenvalue weighted by atomic mass is 10.3. The molecule has 28 heavy (non-hydrogen) atoms. The Morgan fingerprint density at radius 1 is 0.321 bits per heavy atom. The van der Waals surface area contributed by atoms with Crippen molar-refractivity contribution in [2.75, 3.05) is 0 Å². The number of rotatable bonds is 4. The molecule has 144 valence electrons. The quantitative estimate of drug-likeness (QED) is 0.269. The van der Waals surface area contributed by atoms with Gasteiger partial charge in [0.25, 0.3) is 0 Å². The highest BCUT2D eigenvalue weighted by Gasteiger charge is 2.47. The minimum atomic E-state index is -1.91. The molecular formula is C24H24Br2P2. The summed E-state index contributed by atoms with van der Waals surface area (Å²) >= 11 is 0. The number of halogens is 2. The molecule has 0 radical (unpaired) electrons. The zero-order valence-electron chi connectivity index (χ0n) is 15.8. The van der Waals surface area contributed by atoms with Gasteiger partial charge in [-0.3, -0.25) is 0 Å². The number of hydrogen-bond acceptors (Lipinski definition) is 0. The van der Waals surface area contributed by atoms with Crippen LogP contribution in [0.4, 0.5) is 0 Å². The number of benzene rings is 4. The first-order valence-electron chi connectivity index (χ1n) is 8.54. The van der Waals surface area contributed by atoms with Gasteiger partial charge >= 0.3 is 0 Å². The molecular weight excluding hydrogens is 510 g/mol. The van der Waals surface area contributed by atoms with Crippen molar-refractivity contribution in [1.29, 1.82) is 0 Å². The summed E-state index contributed by atoms with van der Waals surface area (Å²) in [6.07, 6.45) is 0. The van der Waals surface area contributed by atoms with E-state index in [1.165, 1.54) is 21.2 Å². The van der Waals surface area contributed by atoms with E-state index in [-0.39, 0.29) is 43.9 Å². The molecule has 0 heterocycles. The minimum absolute atomic E-state index is 0. The lowest BCUT2D eigenvalue weighted by Crippen LogP contribution is -3.00. The van der Waals surface area contributed by atoms with Crippen LogP contribution >= 0.6 is 17.2 Å². The predicted molar refractivity (Wildman–Crippen MR) is 124 cm³/mol. The fraction of sp³-hybridized carbons (Fsp3) is 0. The molecule has 1 unspecified atom stereocenters. The van der Waals surface area contributed by atoms with Gasteiger partial charge in [0.1, 0.15) is 28.5 Å². The first kappa shape index (κ1) is 24.7. The summed E-state index contributed by atoms with van der Waals surface area (Å²) in [5, 5.41) is 5.55. The van der Waals surface area contributed by atoms with Crippen molar-refractivity contribution in [2.24, 2.45) is 0 Å². The molecule has 0 N–H and O–H groups in total. The van der Waals surface area contributed by atoms with Crippen molar-refractivity contribution < 1.29 is 34.0 Å². The highest BCUT2D eigenvalue weighted by atomic mass is 79.9. The van der Waals surface area contributed by atoms with Crippen LogP contribution in [0.25, 0.3) is 0 Å². The first-order valence-corrected chi connectivity index (χ1v) is 10.3. The largest absolute Gasteiger partial charge is 1.00 e. The van der Waals surface area contributed by atoms with Crippen LogP contribution < -0.4 is 55.2 Å². The van der Waals surface area contributed by atoms with E-state index in [1.807, 2.05) is 0 Å². The van der Waals surface area contributed by atoms with Gasteiger partial charge in [-0.1, -0.05) is 72.8 Å². The third kappa shape index (κ3) is 4.64. The van der Waals surface area contributed by atoms with Crippen molar-refractivity contribution in [3.05, 3.63) is 121 Å². The van der Waals surface area contributed by atoms with E-state index in [0.717, 1.165) is 0 Å². The molecule has 4 heteroatoms. The first-order chi connectivity index (χ1) is 12.4. The molecule has 0 aliphatic carbocycles. The topological polar surface area (TPSA) is 0 Å². The Kier molecular flexibility index (Phi) is 10.3. The lowest BCUT2D eigenvalue weighted by molar-refractivity contribution is -0.00100. The second-order valence-corrected chi connectivity index (χ2v) is 9.42. The van der Waals surface area contributed by atoms with Crippen LogP contribution in [-0.4, -0.2) is 0 Å². The van der Waals surface area contributed by atoms with Gasteiger partial charge < -0.3 is 34.0 Å². The Bertz CT molecular complexity index is 768. The van der Waals surface area contributed by atoms with Crippen LogP contribution in [0.1, 0.15) is 0 Å². The molecule has 4 aromatic rings. The average molecular weight is 534 g/mol. The zero-order valence-corrected chi connectivity index (χ0v) is 21.8. The normalized spacial score (nSPS) is 10.0. The van der Waals surface area contributed by atoms with Crippen molar-refractivity contribution in [3.8, 4) is 0 Å². The van der Waals surface area contributed by atoms with Crippen molar-refractivity contribution in [1.82, 2.24) is 0 Å². The molecule has 1 atom stereocenters. The van der Waals surface area contributed by atoms with E-state index in [4.69, 9.17) is 0 Å². The van der Waals surface area contributed by atoms with E-state index >= 15 is 0 Å². The van der Waals surface area contributed by atoms with Crippen LogP contribution in [0.3, 0.4) is 0 Å². The van der Waals surface area contributed by atoms with Crippen LogP contribution in [0.2, 0.25) is 0 Å². The standard InChI is InChI=1S/C24H20P.2BrH.H3P/c1-5-13-21(14-6-1)25(22-15-7-2-8-16-22,23-17-9-3-10-18-23)24-19-11-4-12-20-24;;;/h1-20H;2*1H;1H3/q+1;;;/p-1. The highest BCUT2D eigenvalue weighted by Crippen LogP contribution is 2.53. The molecule has 0 saturated carbocycles. The number of hydrogen-bond donors (Lipinski definition) is 0. The zero-order chi connectivity index (χ0) is 17.0. The third-order valence-corrected chi connectivity index (χ3v) is 8.86. The SMILES string of the molecule is [Br-].[Br-].[PH4+].c1ccc([P+](c2ccccc2)(c2ccccc2)c2ccccc2)cc1. The van der Waals surface area contributed by atoms with Crippen molar-refractivity contribution in [2.45, 2.75) is 0 Å². The minimum Gasteiger partial charge on any atom is -1.00 e. The smallest absolute Gasteiger partial charge is 0.144 e. The van der Waals surface area contributed by atoms with Crippen LogP contribution in [0.5, 0.6) is 0 Å². The molecule has 4 rings (SSSR count). The Hall–Kier alpha value is -1.30. The van der Waals surface area contributed by atoms with E-state index in [2.05, 4.69) is 121 Å². The summed E-state index contributed by atoms with van der Waals surface area (Å²) in [4.78, 5) is 0. The summed E-state index contributed by atoms with van der Waals surface area (Å²) in [7, 11) is -1.91. The van der Waals surface area contributed by atoms with Crippen LogP contribution in [0, 0.1) is 0 Å². The Morgan fingerprint density at radius 2 is 0.500 bits per heavy atom. The van der Waals surface area contributed by atoms with Crippen molar-refractivity contribution >= 4 is 38.4 Å². The predicted octanol–water partition coefficient (Wildman–Crippen LogP) is -1.90. The molecule has 0 bridgehead atoms. The maximum absolute atomic E-state index is 2.28. The second kappa shape index (κ2) is 11.6. The molecule has 0 aliphatic rings. The van der Waals surface area contributed by atoms with Crippen LogP contribution in [-0.2, 0) is 0 Å². The summed E-state index contributed by atoms with van der Waals surface area (Å²) in [5.74, 6) is 0. The third-order valence-electron chi connectivity index (χ3n) is 4.57. The van der Waals surface area contributed by atoms with Crippen molar-refractivity contribution in [3.63, 3.8) is 0 Å². The summed E-state index contributed by atoms with van der Waals surface area (Å²) < 4.78 is 0. The summed E-state index contributed by atoms with van der Waals surface area (Å²) in [6.45, 7) is 0. The van der Waals surface area contributed by atoms with Gasteiger partial charge in [0.05, 0.1) is 0 Å². The molecule has 4 aromatic carbocycles. The van der Waals surface area contributed by atoms with Crippen LogP contribution in [0.15, 0.2) is 121 Å². The fourth-order valence-electron chi connectivity index (χ4n) is 3.50. The maximum atomic E-state index is 2.28. The Balaban J connectivity index is 0.00000131. The second-order valence-electron chi connectivity index (χ2n) is 6.01. The van der Waals surface area contributed by atoms with Gasteiger partial charge in [-0.05, 0) is 58.4 Å². The van der Waals surface area contributed by atoms with E-state index in [0.29, 0.717) is 0 Å². The molecule has 0 aliphatic heterocycles. The molecule has 0 fully saturated rings. The molecule has 0 spiro atoms. The van der Waals surface area contributed by atoms with Gasteiger partial charge in [-0.15, -0.1) is 0 Å². The summed E-state index contributed by atoms with van der Waals surface area (Å²) in [5.41, 5.74) is 0. The highest BCUT2D eigenvalue weighted by molar-refractivity contribution is 8.01. The Morgan fingerprint density at radius 3 is 0.679 bits per heavy atom. The van der Waals surface area contributed by atoms with Gasteiger partial charge in [0.15, 0.2) is 0 Å². The fourth-order valence-corrected chi connectivity index (χ4v) is 7.77. The van der Waals surface area contributed by atoms with Gasteiger partial charge in [-0.25, -0.2) is 0 Å². The monoisotopic (exact) mass is 532 g/mol. The van der Waals surface area contributed by atoms with Gasteiger partial charge in [0, 0.05) is 0 Å². The Labute approximate surface area is 192 Å². The van der Waals surface area contributed by atoms with Gasteiger partial charge in [-0.2, -0.15) is 0 Å². The molecule has 0 aromatic heterocycles. The van der Waals surface area contributed by atoms with E-state index in [1.54, 1.807) is 0 Å². The summed E-state index contributed by atoms with van der Waals surface area (Å²) in [6, 6.07) is 43.8. The molecule has 0 saturated heterocycles. The molecule has 0 amide bonds. The lowest BCUT2D eigenvalue weighted by Gasteiger charge is -2.27. The van der Waals surface area contributed by atoms with E-state index in [9.17, 15) is 0 Å². The molecule has 0 nitrogen and oxygen atoms in total. The average Bonchev–Trinajstić information content (AvgIpc) is 2.72. The maximum Gasteiger partial charge on any atom is 0.144 e. The van der Waals surface area contributed by atoms with Gasteiger partial charge in [0.2, 0.25) is 0 Å². The van der Waals surface area contributed by atoms with E-state index < -0.39 is 7.26 Å².